The van der Waals surface area contributed by atoms with Crippen molar-refractivity contribution in [1.82, 2.24) is 4.31 Å². The first-order chi connectivity index (χ1) is 15.4. The van der Waals surface area contributed by atoms with Crippen LogP contribution < -0.4 is 10.1 Å². The van der Waals surface area contributed by atoms with E-state index >= 15 is 0 Å². The van der Waals surface area contributed by atoms with Crippen molar-refractivity contribution in [3.05, 3.63) is 53.6 Å². The van der Waals surface area contributed by atoms with E-state index in [1.54, 1.807) is 43.3 Å². The van der Waals surface area contributed by atoms with Gasteiger partial charge in [-0.2, -0.15) is 4.31 Å². The third-order valence-corrected chi connectivity index (χ3v) is 7.65. The fraction of sp³-hybridized carbons (Fsp3) is 0.435. The van der Waals surface area contributed by atoms with Gasteiger partial charge >= 0.3 is 0 Å². The number of hydrogen-bond donors (Lipinski definition) is 1. The molecule has 2 aliphatic rings. The van der Waals surface area contributed by atoms with Crippen LogP contribution in [-0.4, -0.2) is 64.3 Å². The summed E-state index contributed by atoms with van der Waals surface area (Å²) in [5, 5.41) is 2.79. The maximum atomic E-state index is 13.0. The average Bonchev–Trinajstić information content (AvgIpc) is 3.33. The molecule has 2 saturated heterocycles. The van der Waals surface area contributed by atoms with Crippen LogP contribution in [0.1, 0.15) is 28.8 Å². The van der Waals surface area contributed by atoms with Crippen LogP contribution in [0.3, 0.4) is 0 Å². The second-order valence-corrected chi connectivity index (χ2v) is 9.83. The average molecular weight is 461 g/mol. The molecule has 8 nitrogen and oxygen atoms in total. The zero-order valence-electron chi connectivity index (χ0n) is 18.1. The highest BCUT2D eigenvalue weighted by Gasteiger charge is 2.28. The smallest absolute Gasteiger partial charge is 0.255 e. The predicted molar refractivity (Wildman–Crippen MR) is 120 cm³/mol. The molecule has 2 aliphatic heterocycles. The Labute approximate surface area is 188 Å². The predicted octanol–water partition coefficient (Wildman–Crippen LogP) is 2.83. The molecule has 1 atom stereocenters. The lowest BCUT2D eigenvalue weighted by Gasteiger charge is -2.26. The number of rotatable bonds is 7. The molecule has 32 heavy (non-hydrogen) atoms. The largest absolute Gasteiger partial charge is 0.491 e. The Balaban J connectivity index is 1.42. The molecule has 2 aromatic carbocycles. The normalized spacial score (nSPS) is 19.6. The van der Waals surface area contributed by atoms with E-state index in [0.29, 0.717) is 55.5 Å². The van der Waals surface area contributed by atoms with Crippen molar-refractivity contribution in [3.8, 4) is 5.75 Å². The van der Waals surface area contributed by atoms with Crippen LogP contribution >= 0.6 is 0 Å². The summed E-state index contributed by atoms with van der Waals surface area (Å²) in [6.45, 7) is 4.41. The van der Waals surface area contributed by atoms with Gasteiger partial charge in [0, 0.05) is 30.9 Å². The van der Waals surface area contributed by atoms with Gasteiger partial charge in [-0.1, -0.05) is 6.07 Å². The Hall–Kier alpha value is -2.46. The van der Waals surface area contributed by atoms with E-state index in [0.717, 1.165) is 19.4 Å². The number of aryl methyl sites for hydroxylation is 1. The number of morpholine rings is 1. The number of sulfonamides is 1. The Morgan fingerprint density at radius 1 is 1.12 bits per heavy atom. The van der Waals surface area contributed by atoms with Crippen molar-refractivity contribution in [2.24, 2.45) is 0 Å². The van der Waals surface area contributed by atoms with Crippen LogP contribution in [0.5, 0.6) is 5.75 Å². The lowest BCUT2D eigenvalue weighted by Crippen LogP contribution is -2.40. The van der Waals surface area contributed by atoms with Crippen LogP contribution in [0.25, 0.3) is 0 Å². The number of anilines is 1. The van der Waals surface area contributed by atoms with E-state index in [1.807, 2.05) is 0 Å². The van der Waals surface area contributed by atoms with Crippen molar-refractivity contribution in [2.45, 2.75) is 30.8 Å². The van der Waals surface area contributed by atoms with Gasteiger partial charge in [0.05, 0.1) is 24.2 Å². The topological polar surface area (TPSA) is 94.2 Å². The second-order valence-electron chi connectivity index (χ2n) is 7.92. The van der Waals surface area contributed by atoms with Crippen LogP contribution in [-0.2, 0) is 19.5 Å². The molecule has 0 radical (unpaired) electrons. The molecule has 0 bridgehead atoms. The highest BCUT2D eigenvalue weighted by Crippen LogP contribution is 2.25. The highest BCUT2D eigenvalue weighted by atomic mass is 32.2. The quantitative estimate of drug-likeness (QED) is 0.683. The van der Waals surface area contributed by atoms with E-state index in [1.165, 1.54) is 10.4 Å². The van der Waals surface area contributed by atoms with Gasteiger partial charge in [0.1, 0.15) is 12.4 Å². The lowest BCUT2D eigenvalue weighted by atomic mass is 10.2. The first-order valence-corrected chi connectivity index (χ1v) is 12.2. The third-order valence-electron chi connectivity index (χ3n) is 5.61. The summed E-state index contributed by atoms with van der Waals surface area (Å²) in [7, 11) is -3.66. The van der Waals surface area contributed by atoms with Crippen molar-refractivity contribution >= 4 is 21.6 Å². The number of nitrogens with zero attached hydrogens (tertiary/aromatic N) is 1. The monoisotopic (exact) mass is 460 g/mol. The van der Waals surface area contributed by atoms with E-state index in [2.05, 4.69) is 5.32 Å². The summed E-state index contributed by atoms with van der Waals surface area (Å²) in [4.78, 5) is 12.9. The van der Waals surface area contributed by atoms with Gasteiger partial charge in [-0.25, -0.2) is 8.42 Å². The number of hydrogen-bond acceptors (Lipinski definition) is 6. The molecule has 0 aromatic heterocycles. The zero-order chi connectivity index (χ0) is 22.6. The minimum Gasteiger partial charge on any atom is -0.491 e. The number of amides is 1. The Morgan fingerprint density at radius 3 is 2.56 bits per heavy atom. The Bertz CT molecular complexity index is 1040. The van der Waals surface area contributed by atoms with Crippen LogP contribution in [0.15, 0.2) is 47.4 Å². The Morgan fingerprint density at radius 2 is 1.88 bits per heavy atom. The number of nitrogens with one attached hydrogen (secondary N) is 1. The first kappa shape index (κ1) is 22.7. The minimum absolute atomic E-state index is 0.127. The van der Waals surface area contributed by atoms with Gasteiger partial charge in [0.15, 0.2) is 0 Å². The molecule has 2 heterocycles. The molecular weight excluding hydrogens is 432 g/mol. The molecule has 1 unspecified atom stereocenters. The molecule has 9 heteroatoms. The Kier molecular flexibility index (Phi) is 7.10. The summed E-state index contributed by atoms with van der Waals surface area (Å²) in [5.41, 5.74) is 1.50. The van der Waals surface area contributed by atoms with Gasteiger partial charge < -0.3 is 19.5 Å². The summed E-state index contributed by atoms with van der Waals surface area (Å²) in [6, 6.07) is 11.8. The van der Waals surface area contributed by atoms with E-state index < -0.39 is 10.0 Å². The molecule has 172 valence electrons. The molecule has 0 saturated carbocycles. The van der Waals surface area contributed by atoms with Crippen molar-refractivity contribution in [1.29, 1.82) is 0 Å². The highest BCUT2D eigenvalue weighted by molar-refractivity contribution is 7.89. The third kappa shape index (κ3) is 5.29. The van der Waals surface area contributed by atoms with Gasteiger partial charge in [-0.05, 0) is 61.7 Å². The number of benzene rings is 2. The van der Waals surface area contributed by atoms with Crippen LogP contribution in [0, 0.1) is 6.92 Å². The summed E-state index contributed by atoms with van der Waals surface area (Å²) >= 11 is 0. The van der Waals surface area contributed by atoms with Crippen LogP contribution in [0.2, 0.25) is 0 Å². The maximum absolute atomic E-state index is 13.0. The summed E-state index contributed by atoms with van der Waals surface area (Å²) in [6.07, 6.45) is 2.18. The molecule has 2 aromatic rings. The molecule has 2 fully saturated rings. The zero-order valence-corrected chi connectivity index (χ0v) is 18.9. The van der Waals surface area contributed by atoms with Crippen molar-refractivity contribution < 1.29 is 27.4 Å². The number of ether oxygens (including phenoxy) is 3. The van der Waals surface area contributed by atoms with Gasteiger partial charge in [-0.15, -0.1) is 0 Å². The van der Waals surface area contributed by atoms with E-state index in [4.69, 9.17) is 14.2 Å². The molecule has 4 rings (SSSR count). The fourth-order valence-electron chi connectivity index (χ4n) is 3.75. The molecule has 0 aliphatic carbocycles. The molecule has 1 N–H and O–H groups in total. The standard InChI is InChI=1S/C23H28N2O6S/c1-17-4-7-19(15-22(17)32(27,28)25-10-13-29-14-11-25)24-23(26)18-5-8-20(9-6-18)31-16-21-3-2-12-30-21/h4-9,15,21H,2-3,10-14,16H2,1H3,(H,24,26). The SMILES string of the molecule is Cc1ccc(NC(=O)c2ccc(OCC3CCCO3)cc2)cc1S(=O)(=O)N1CCOCC1. The molecule has 1 amide bonds. The summed E-state index contributed by atoms with van der Waals surface area (Å²) in [5.74, 6) is 0.348. The maximum Gasteiger partial charge on any atom is 0.255 e. The molecular formula is C23H28N2O6S. The van der Waals surface area contributed by atoms with E-state index in [9.17, 15) is 13.2 Å². The first-order valence-electron chi connectivity index (χ1n) is 10.8. The van der Waals surface area contributed by atoms with Gasteiger partial charge in [-0.3, -0.25) is 4.79 Å². The fourth-order valence-corrected chi connectivity index (χ4v) is 5.41. The number of carbonyl (C=O) groups is 1. The van der Waals surface area contributed by atoms with Crippen molar-refractivity contribution in [2.75, 3.05) is 44.8 Å². The van der Waals surface area contributed by atoms with Crippen molar-refractivity contribution in [3.63, 3.8) is 0 Å². The molecule has 0 spiro atoms. The van der Waals surface area contributed by atoms with E-state index in [-0.39, 0.29) is 16.9 Å². The second kappa shape index (κ2) is 9.99. The number of carbonyl (C=O) groups excluding carboxylic acids is 1. The van der Waals surface area contributed by atoms with Gasteiger partial charge in [0.25, 0.3) is 5.91 Å². The minimum atomic E-state index is -3.66. The summed E-state index contributed by atoms with van der Waals surface area (Å²) < 4.78 is 44.0. The van der Waals surface area contributed by atoms with Crippen LogP contribution in [0.4, 0.5) is 5.69 Å². The van der Waals surface area contributed by atoms with Gasteiger partial charge in [0.2, 0.25) is 10.0 Å². The lowest BCUT2D eigenvalue weighted by molar-refractivity contribution is 0.0679.